The molecule has 0 aliphatic carbocycles. The molecule has 2 aromatic rings. The van der Waals surface area contributed by atoms with Crippen molar-refractivity contribution in [2.24, 2.45) is 0 Å². The lowest BCUT2D eigenvalue weighted by Crippen LogP contribution is -2.17. The Hall–Kier alpha value is -2.07. The Morgan fingerprint density at radius 1 is 1.52 bits per heavy atom. The summed E-state index contributed by atoms with van der Waals surface area (Å²) >= 11 is 1.30. The van der Waals surface area contributed by atoms with Gasteiger partial charge in [-0.05, 0) is 24.1 Å². The fraction of sp³-hybridized carbons (Fsp3) is 0.357. The van der Waals surface area contributed by atoms with Gasteiger partial charge < -0.3 is 0 Å². The Labute approximate surface area is 125 Å². The number of hydrogen-bond donors (Lipinski definition) is 1. The highest BCUT2D eigenvalue weighted by Gasteiger charge is 2.10. The van der Waals surface area contributed by atoms with E-state index in [2.05, 4.69) is 10.2 Å². The summed E-state index contributed by atoms with van der Waals surface area (Å²) in [6.07, 6.45) is 1.87. The van der Waals surface area contributed by atoms with E-state index in [1.165, 1.54) is 17.8 Å². The van der Waals surface area contributed by atoms with Crippen molar-refractivity contribution in [2.45, 2.75) is 37.2 Å². The molecule has 2 rings (SSSR count). The summed E-state index contributed by atoms with van der Waals surface area (Å²) in [5.74, 6) is -0.0620. The summed E-state index contributed by atoms with van der Waals surface area (Å²) in [5, 5.41) is 15.6. The van der Waals surface area contributed by atoms with Gasteiger partial charge in [0.2, 0.25) is 0 Å². The van der Waals surface area contributed by atoms with Crippen LogP contribution in [0.25, 0.3) is 0 Å². The van der Waals surface area contributed by atoms with E-state index in [9.17, 15) is 9.18 Å². The van der Waals surface area contributed by atoms with Crippen LogP contribution in [0.5, 0.6) is 0 Å². The van der Waals surface area contributed by atoms with Gasteiger partial charge >= 0.3 is 5.69 Å². The van der Waals surface area contributed by atoms with Crippen LogP contribution in [0.15, 0.2) is 28.2 Å². The van der Waals surface area contributed by atoms with Crippen LogP contribution < -0.4 is 5.69 Å². The van der Waals surface area contributed by atoms with Gasteiger partial charge in [-0.25, -0.2) is 14.3 Å². The molecule has 1 N–H and O–H groups in total. The minimum Gasteiger partial charge on any atom is -0.270 e. The van der Waals surface area contributed by atoms with E-state index >= 15 is 0 Å². The zero-order valence-corrected chi connectivity index (χ0v) is 12.4. The van der Waals surface area contributed by atoms with E-state index in [1.807, 2.05) is 13.0 Å². The van der Waals surface area contributed by atoms with Crippen LogP contribution in [0, 0.1) is 17.1 Å². The van der Waals surface area contributed by atoms with Crippen molar-refractivity contribution >= 4 is 11.8 Å². The lowest BCUT2D eigenvalue weighted by Gasteiger charge is -2.05. The van der Waals surface area contributed by atoms with Crippen LogP contribution in [0.4, 0.5) is 4.39 Å². The Morgan fingerprint density at radius 2 is 2.33 bits per heavy atom. The molecular weight excluding hydrogens is 291 g/mol. The average Bonchev–Trinajstić information content (AvgIpc) is 2.84. The number of halogens is 1. The first kappa shape index (κ1) is 15.3. The minimum absolute atomic E-state index is 0.244. The van der Waals surface area contributed by atoms with Crippen LogP contribution in [0.3, 0.4) is 0 Å². The third kappa shape index (κ3) is 3.73. The number of benzene rings is 1. The monoisotopic (exact) mass is 306 g/mol. The summed E-state index contributed by atoms with van der Waals surface area (Å²) in [7, 11) is 0. The standard InChI is InChI=1S/C14H15FN4OS/c1-2-3-6-19-13(20)17-18-14(19)21-9-11-5-4-10(8-16)7-12(11)15/h4-5,7H,2-3,6,9H2,1H3,(H,17,20). The van der Waals surface area contributed by atoms with Gasteiger partial charge in [0.15, 0.2) is 5.16 Å². The zero-order chi connectivity index (χ0) is 15.2. The van der Waals surface area contributed by atoms with E-state index in [0.29, 0.717) is 28.6 Å². The molecule has 1 aromatic carbocycles. The molecule has 7 heteroatoms. The Balaban J connectivity index is 2.10. The summed E-state index contributed by atoms with van der Waals surface area (Å²) in [6, 6.07) is 6.27. The van der Waals surface area contributed by atoms with Gasteiger partial charge in [-0.1, -0.05) is 31.2 Å². The number of aromatic nitrogens is 3. The van der Waals surface area contributed by atoms with Gasteiger partial charge in [0, 0.05) is 12.3 Å². The highest BCUT2D eigenvalue weighted by Crippen LogP contribution is 2.22. The second-order valence-electron chi connectivity index (χ2n) is 4.52. The van der Waals surface area contributed by atoms with Crippen molar-refractivity contribution < 1.29 is 4.39 Å². The topological polar surface area (TPSA) is 74.5 Å². The number of thioether (sulfide) groups is 1. The maximum absolute atomic E-state index is 13.8. The molecule has 0 atom stereocenters. The molecule has 0 amide bonds. The molecule has 0 unspecified atom stereocenters. The van der Waals surface area contributed by atoms with Gasteiger partial charge in [-0.2, -0.15) is 5.26 Å². The third-order valence-electron chi connectivity index (χ3n) is 3.00. The Kier molecular flexibility index (Phi) is 5.17. The van der Waals surface area contributed by atoms with E-state index < -0.39 is 5.82 Å². The first-order valence-electron chi connectivity index (χ1n) is 6.62. The van der Waals surface area contributed by atoms with Crippen LogP contribution in [-0.2, 0) is 12.3 Å². The molecule has 1 aromatic heterocycles. The number of rotatable bonds is 6. The predicted octanol–water partition coefficient (Wildman–Crippen LogP) is 2.67. The fourth-order valence-corrected chi connectivity index (χ4v) is 2.76. The zero-order valence-electron chi connectivity index (χ0n) is 11.6. The maximum atomic E-state index is 13.8. The van der Waals surface area contributed by atoms with Gasteiger partial charge in [0.05, 0.1) is 11.6 Å². The SMILES string of the molecule is CCCCn1c(SCc2ccc(C#N)cc2F)n[nH]c1=O. The minimum atomic E-state index is -0.417. The van der Waals surface area contributed by atoms with Crippen molar-refractivity contribution in [3.63, 3.8) is 0 Å². The lowest BCUT2D eigenvalue weighted by molar-refractivity contribution is 0.572. The van der Waals surface area contributed by atoms with Gasteiger partial charge in [-0.15, -0.1) is 5.10 Å². The summed E-state index contributed by atoms with van der Waals surface area (Å²) < 4.78 is 15.4. The molecule has 0 fully saturated rings. The van der Waals surface area contributed by atoms with Crippen molar-refractivity contribution in [2.75, 3.05) is 0 Å². The third-order valence-corrected chi connectivity index (χ3v) is 4.02. The first-order valence-corrected chi connectivity index (χ1v) is 7.60. The number of H-pyrrole nitrogens is 1. The first-order chi connectivity index (χ1) is 10.2. The molecule has 0 radical (unpaired) electrons. The predicted molar refractivity (Wildman–Crippen MR) is 78.4 cm³/mol. The summed E-state index contributed by atoms with van der Waals surface area (Å²) in [4.78, 5) is 11.6. The number of unbranched alkanes of at least 4 members (excludes halogenated alkanes) is 1. The van der Waals surface area contributed by atoms with E-state index in [1.54, 1.807) is 16.7 Å². The maximum Gasteiger partial charge on any atom is 0.343 e. The molecule has 110 valence electrons. The molecule has 0 saturated heterocycles. The van der Waals surface area contributed by atoms with E-state index in [0.717, 1.165) is 12.8 Å². The Morgan fingerprint density at radius 3 is 3.00 bits per heavy atom. The van der Waals surface area contributed by atoms with Gasteiger partial charge in [0.1, 0.15) is 5.82 Å². The van der Waals surface area contributed by atoms with Crippen molar-refractivity contribution in [1.29, 1.82) is 5.26 Å². The van der Waals surface area contributed by atoms with Gasteiger partial charge in [0.25, 0.3) is 0 Å². The van der Waals surface area contributed by atoms with Crippen LogP contribution >= 0.6 is 11.8 Å². The van der Waals surface area contributed by atoms with E-state index in [-0.39, 0.29) is 5.69 Å². The molecule has 5 nitrogen and oxygen atoms in total. The molecule has 0 spiro atoms. The quantitative estimate of drug-likeness (QED) is 0.833. The fourth-order valence-electron chi connectivity index (χ4n) is 1.80. The molecule has 0 bridgehead atoms. The normalized spacial score (nSPS) is 10.5. The molecular formula is C14H15FN4OS. The molecule has 0 aliphatic heterocycles. The summed E-state index contributed by atoms with van der Waals surface area (Å²) in [5.41, 5.74) is 0.531. The van der Waals surface area contributed by atoms with Gasteiger partial charge in [-0.3, -0.25) is 4.57 Å². The smallest absolute Gasteiger partial charge is 0.270 e. The molecule has 1 heterocycles. The van der Waals surface area contributed by atoms with Crippen LogP contribution in [-0.4, -0.2) is 14.8 Å². The molecule has 21 heavy (non-hydrogen) atoms. The number of nitriles is 1. The van der Waals surface area contributed by atoms with Crippen molar-refractivity contribution in [3.05, 3.63) is 45.6 Å². The largest absolute Gasteiger partial charge is 0.343 e. The van der Waals surface area contributed by atoms with E-state index in [4.69, 9.17) is 5.26 Å². The second kappa shape index (κ2) is 7.09. The highest BCUT2D eigenvalue weighted by molar-refractivity contribution is 7.98. The van der Waals surface area contributed by atoms with Crippen molar-refractivity contribution in [1.82, 2.24) is 14.8 Å². The number of nitrogens with zero attached hydrogens (tertiary/aromatic N) is 3. The van der Waals surface area contributed by atoms with Crippen molar-refractivity contribution in [3.8, 4) is 6.07 Å². The van der Waals surface area contributed by atoms with Crippen LogP contribution in [0.2, 0.25) is 0 Å². The molecule has 0 aliphatic rings. The average molecular weight is 306 g/mol. The number of aromatic amines is 1. The molecule has 0 saturated carbocycles. The number of hydrogen-bond acceptors (Lipinski definition) is 4. The highest BCUT2D eigenvalue weighted by atomic mass is 32.2. The Bertz CT molecular complexity index is 716. The lowest BCUT2D eigenvalue weighted by atomic mass is 10.1. The van der Waals surface area contributed by atoms with Crippen LogP contribution in [0.1, 0.15) is 30.9 Å². The number of nitrogens with one attached hydrogen (secondary N) is 1. The summed E-state index contributed by atoms with van der Waals surface area (Å²) in [6.45, 7) is 2.65. The second-order valence-corrected chi connectivity index (χ2v) is 5.47.